The molecule has 0 heterocycles. The van der Waals surface area contributed by atoms with E-state index in [1.165, 1.54) is 30.3 Å². The summed E-state index contributed by atoms with van der Waals surface area (Å²) < 4.78 is 22.5. The van der Waals surface area contributed by atoms with Crippen molar-refractivity contribution >= 4 is 31.0 Å². The summed E-state index contributed by atoms with van der Waals surface area (Å²) in [6, 6.07) is 5.68. The molecule has 0 fully saturated rings. The van der Waals surface area contributed by atoms with Gasteiger partial charge >= 0.3 is 7.60 Å². The summed E-state index contributed by atoms with van der Waals surface area (Å²) in [6.45, 7) is 3.76. The van der Waals surface area contributed by atoms with E-state index in [1.807, 2.05) is 0 Å². The fourth-order valence-corrected chi connectivity index (χ4v) is 3.14. The molecule has 0 amide bonds. The minimum absolute atomic E-state index is 0.0314. The van der Waals surface area contributed by atoms with Crippen LogP contribution in [0.15, 0.2) is 29.0 Å². The highest BCUT2D eigenvalue weighted by Gasteiger charge is 2.28. The monoisotopic (exact) mass is 319 g/mol. The van der Waals surface area contributed by atoms with E-state index in [1.54, 1.807) is 13.8 Å². The molecule has 1 aromatic rings. The zero-order chi connectivity index (χ0) is 15.2. The van der Waals surface area contributed by atoms with Crippen LogP contribution in [0.25, 0.3) is 6.08 Å². The smallest absolute Gasteiger partial charge is 0.305 e. The van der Waals surface area contributed by atoms with Crippen molar-refractivity contribution in [1.82, 2.24) is 0 Å². The summed E-state index contributed by atoms with van der Waals surface area (Å²) in [5.74, 6) is 0. The molecular weight excluding hydrogens is 305 g/mol. The lowest BCUT2D eigenvalue weighted by Gasteiger charge is -2.15. The molecule has 0 aromatic heterocycles. The number of hydrogen-bond donors (Lipinski definition) is 0. The van der Waals surface area contributed by atoms with Crippen molar-refractivity contribution in [2.24, 2.45) is 0 Å². The molecule has 6 nitrogen and oxygen atoms in total. The lowest BCUT2D eigenvalue weighted by molar-refractivity contribution is -0.384. The van der Waals surface area contributed by atoms with Gasteiger partial charge in [0.15, 0.2) is 0 Å². The number of benzene rings is 1. The van der Waals surface area contributed by atoms with Gasteiger partial charge in [0.25, 0.3) is 5.69 Å². The Morgan fingerprint density at radius 2 is 1.80 bits per heavy atom. The molecular formula is C12H15ClNO5P. The van der Waals surface area contributed by atoms with Gasteiger partial charge in [-0.3, -0.25) is 14.7 Å². The third-order valence-corrected chi connectivity index (χ3v) is 4.83. The van der Waals surface area contributed by atoms with Crippen LogP contribution in [-0.4, -0.2) is 18.1 Å². The van der Waals surface area contributed by atoms with Crippen molar-refractivity contribution in [3.8, 4) is 0 Å². The van der Waals surface area contributed by atoms with Crippen LogP contribution in [0.1, 0.15) is 19.4 Å². The highest BCUT2D eigenvalue weighted by Crippen LogP contribution is 2.58. The van der Waals surface area contributed by atoms with Crippen LogP contribution in [-0.2, 0) is 13.6 Å². The molecule has 0 aliphatic heterocycles. The van der Waals surface area contributed by atoms with Crippen LogP contribution < -0.4 is 0 Å². The molecule has 0 aliphatic carbocycles. The Morgan fingerprint density at radius 3 is 2.20 bits per heavy atom. The molecule has 1 aromatic carbocycles. The fraction of sp³-hybridized carbons (Fsp3) is 0.333. The standard InChI is InChI=1S/C12H15ClNO5P/c1-3-18-20(17,19-4-2)12(13)9-10-5-7-11(8-6-10)14(15)16/h5-9H,3-4H2,1-2H3. The Balaban J connectivity index is 3.01. The highest BCUT2D eigenvalue weighted by atomic mass is 35.5. The van der Waals surface area contributed by atoms with Gasteiger partial charge in [-0.05, 0) is 37.6 Å². The maximum atomic E-state index is 12.3. The summed E-state index contributed by atoms with van der Waals surface area (Å²) in [7, 11) is -3.51. The lowest BCUT2D eigenvalue weighted by Crippen LogP contribution is -1.95. The number of nitro groups is 1. The van der Waals surface area contributed by atoms with Crippen molar-refractivity contribution in [1.29, 1.82) is 0 Å². The van der Waals surface area contributed by atoms with Crippen molar-refractivity contribution in [3.63, 3.8) is 0 Å². The first-order chi connectivity index (χ1) is 9.42. The maximum absolute atomic E-state index is 12.3. The van der Waals surface area contributed by atoms with Crippen LogP contribution in [0.2, 0.25) is 0 Å². The molecule has 1 rings (SSSR count). The van der Waals surface area contributed by atoms with E-state index in [-0.39, 0.29) is 23.7 Å². The van der Waals surface area contributed by atoms with Crippen LogP contribution in [0.3, 0.4) is 0 Å². The van der Waals surface area contributed by atoms with E-state index in [0.717, 1.165) is 0 Å². The van der Waals surface area contributed by atoms with E-state index in [9.17, 15) is 14.7 Å². The van der Waals surface area contributed by atoms with Gasteiger partial charge in [-0.15, -0.1) is 0 Å². The number of halogens is 1. The SMILES string of the molecule is CCOP(=O)(OCC)C(Cl)=Cc1ccc([N+](=O)[O-])cc1. The number of nitro benzene ring substituents is 1. The van der Waals surface area contributed by atoms with Gasteiger partial charge < -0.3 is 9.05 Å². The second-order valence-corrected chi connectivity index (χ2v) is 6.31. The first kappa shape index (κ1) is 16.9. The van der Waals surface area contributed by atoms with Gasteiger partial charge in [0.05, 0.1) is 18.1 Å². The van der Waals surface area contributed by atoms with Crippen molar-refractivity contribution in [2.45, 2.75) is 13.8 Å². The number of hydrogen-bond acceptors (Lipinski definition) is 5. The van der Waals surface area contributed by atoms with Crippen LogP contribution in [0.5, 0.6) is 0 Å². The molecule has 0 atom stereocenters. The molecule has 0 saturated heterocycles. The zero-order valence-corrected chi connectivity index (χ0v) is 12.8. The van der Waals surface area contributed by atoms with Crippen LogP contribution in [0.4, 0.5) is 5.69 Å². The van der Waals surface area contributed by atoms with Crippen molar-refractivity contribution in [3.05, 3.63) is 44.7 Å². The normalized spacial score (nSPS) is 12.4. The van der Waals surface area contributed by atoms with E-state index in [4.69, 9.17) is 20.6 Å². The Kier molecular flexibility index (Phi) is 6.36. The largest absolute Gasteiger partial charge is 0.372 e. The molecule has 110 valence electrons. The molecule has 0 bridgehead atoms. The summed E-state index contributed by atoms with van der Waals surface area (Å²) in [5, 5.41) is 10.5. The number of nitrogens with zero attached hydrogens (tertiary/aromatic N) is 1. The third kappa shape index (κ3) is 4.42. The summed E-state index contributed by atoms with van der Waals surface area (Å²) in [5.41, 5.74) is 0.538. The van der Waals surface area contributed by atoms with Gasteiger partial charge in [-0.1, -0.05) is 11.6 Å². The Labute approximate surface area is 122 Å². The third-order valence-electron chi connectivity index (χ3n) is 2.25. The van der Waals surface area contributed by atoms with E-state index < -0.39 is 12.5 Å². The zero-order valence-electron chi connectivity index (χ0n) is 11.1. The fourth-order valence-electron chi connectivity index (χ4n) is 1.41. The first-order valence-corrected chi connectivity index (χ1v) is 7.86. The quantitative estimate of drug-likeness (QED) is 0.423. The lowest BCUT2D eigenvalue weighted by atomic mass is 10.2. The minimum Gasteiger partial charge on any atom is -0.305 e. The average molecular weight is 320 g/mol. The molecule has 0 N–H and O–H groups in total. The molecule has 0 spiro atoms. The van der Waals surface area contributed by atoms with Gasteiger partial charge in [-0.25, -0.2) is 0 Å². The average Bonchev–Trinajstić information content (AvgIpc) is 2.39. The number of non-ortho nitro benzene ring substituents is 1. The van der Waals surface area contributed by atoms with Gasteiger partial charge in [-0.2, -0.15) is 0 Å². The van der Waals surface area contributed by atoms with E-state index >= 15 is 0 Å². The molecule has 0 unspecified atom stereocenters. The van der Waals surface area contributed by atoms with Gasteiger partial charge in [0, 0.05) is 12.1 Å². The first-order valence-electron chi connectivity index (χ1n) is 5.94. The Bertz CT molecular complexity index is 533. The van der Waals surface area contributed by atoms with Crippen LogP contribution >= 0.6 is 19.2 Å². The minimum atomic E-state index is -3.51. The Morgan fingerprint density at radius 1 is 1.30 bits per heavy atom. The predicted octanol–water partition coefficient (Wildman–Crippen LogP) is 4.40. The van der Waals surface area contributed by atoms with E-state index in [0.29, 0.717) is 5.56 Å². The molecule has 0 aliphatic rings. The maximum Gasteiger partial charge on any atom is 0.372 e. The number of rotatable bonds is 7. The summed E-state index contributed by atoms with van der Waals surface area (Å²) >= 11 is 6.00. The summed E-state index contributed by atoms with van der Waals surface area (Å²) in [4.78, 5) is 10.0. The molecule has 20 heavy (non-hydrogen) atoms. The molecule has 8 heteroatoms. The molecule has 0 saturated carbocycles. The van der Waals surface area contributed by atoms with Gasteiger partial charge in [0.1, 0.15) is 4.77 Å². The predicted molar refractivity (Wildman–Crippen MR) is 77.8 cm³/mol. The van der Waals surface area contributed by atoms with Gasteiger partial charge in [0.2, 0.25) is 0 Å². The van der Waals surface area contributed by atoms with E-state index in [2.05, 4.69) is 0 Å². The van der Waals surface area contributed by atoms with Crippen molar-refractivity contribution in [2.75, 3.05) is 13.2 Å². The molecule has 0 radical (unpaired) electrons. The van der Waals surface area contributed by atoms with Crippen molar-refractivity contribution < 1.29 is 18.5 Å². The topological polar surface area (TPSA) is 78.7 Å². The van der Waals surface area contributed by atoms with Crippen LogP contribution in [0, 0.1) is 10.1 Å². The second-order valence-electron chi connectivity index (χ2n) is 3.65. The highest BCUT2D eigenvalue weighted by molar-refractivity contribution is 7.61. The Hall–Kier alpha value is -1.20. The second kappa shape index (κ2) is 7.55. The summed E-state index contributed by atoms with van der Waals surface area (Å²) in [6.07, 6.45) is 1.41.